The number of nitrogens with two attached hydrogens (primary N) is 5. The number of nitriles is 1. The van der Waals surface area contributed by atoms with Crippen LogP contribution in [-0.4, -0.2) is 40.1 Å². The first-order valence-electron chi connectivity index (χ1n) is 9.90. The van der Waals surface area contributed by atoms with E-state index < -0.39 is 75.1 Å². The molecule has 5 amide bonds. The van der Waals surface area contributed by atoms with Gasteiger partial charge in [0.05, 0.1) is 27.6 Å². The Kier molecular flexibility index (Phi) is 6.49. The zero-order valence-corrected chi connectivity index (χ0v) is 18.9. The predicted molar refractivity (Wildman–Crippen MR) is 118 cm³/mol. The largest absolute Gasteiger partial charge is 0.366 e. The maximum absolute atomic E-state index is 16.4. The molecule has 0 spiro atoms. The highest BCUT2D eigenvalue weighted by molar-refractivity contribution is 7.12. The number of aromatic nitrogens is 1. The molecule has 1 atom stereocenters. The second-order valence-corrected chi connectivity index (χ2v) is 8.77. The smallest absolute Gasteiger partial charge is 0.309 e. The molecule has 2 aromatic rings. The number of rotatable bonds is 10. The second kappa shape index (κ2) is 8.94. The zero-order valence-electron chi connectivity index (χ0n) is 18.1. The number of nitrogens with one attached hydrogen (secondary N) is 1. The molecule has 11 N–H and O–H groups in total. The van der Waals surface area contributed by atoms with E-state index in [1.807, 2.05) is 6.07 Å². The lowest BCUT2D eigenvalue weighted by Gasteiger charge is -2.31. The molecule has 0 bridgehead atoms. The maximum Gasteiger partial charge on any atom is 0.309 e. The van der Waals surface area contributed by atoms with Gasteiger partial charge in [-0.05, 0) is 29.9 Å². The average Bonchev–Trinajstić information content (AvgIpc) is 3.40. The van der Waals surface area contributed by atoms with Crippen molar-refractivity contribution in [3.05, 3.63) is 50.0 Å². The SMILES string of the molecule is N#CC1(N[C@@H](c2ccsc2C(N)=O)C(F)(F)c2nc(C(N)=O)c(C(N)=O)c(C(N)=O)c2C(N)=O)CC1. The Hall–Kier alpha value is -4.49. The number of hydrogen-bond donors (Lipinski definition) is 6. The van der Waals surface area contributed by atoms with Gasteiger partial charge in [-0.15, -0.1) is 11.3 Å². The zero-order chi connectivity index (χ0) is 27.2. The molecule has 1 fully saturated rings. The summed E-state index contributed by atoms with van der Waals surface area (Å²) >= 11 is 0.732. The summed E-state index contributed by atoms with van der Waals surface area (Å²) in [5.41, 5.74) is 18.1. The standard InChI is InChI=1S/C20H18F2N8O5S/c21-20(22,12(30-19(5-23)2-3-19)6-1-4-36-11(6)18(28)35)13-9(16(26)33)7(14(24)31)8(15(25)32)10(29-13)17(27)34/h1,4,12,30H,2-3H2,(H2,24,31)(H2,25,32)(H2,26,33)(H2,27,34)(H2,28,35)/t12-/m0/s1. The summed E-state index contributed by atoms with van der Waals surface area (Å²) in [6, 6.07) is 0.743. The topological polar surface area (TPSA) is 264 Å². The lowest BCUT2D eigenvalue weighted by molar-refractivity contribution is -0.0527. The Morgan fingerprint density at radius 3 is 1.94 bits per heavy atom. The average molecular weight is 520 g/mol. The van der Waals surface area contributed by atoms with Gasteiger partial charge in [0.25, 0.3) is 23.6 Å². The summed E-state index contributed by atoms with van der Waals surface area (Å²) in [6.07, 6.45) is 0.337. The first kappa shape index (κ1) is 26.1. The fourth-order valence-corrected chi connectivity index (χ4v) is 4.46. The minimum Gasteiger partial charge on any atom is -0.366 e. The van der Waals surface area contributed by atoms with Crippen LogP contribution < -0.4 is 34.0 Å². The third kappa shape index (κ3) is 4.32. The van der Waals surface area contributed by atoms with Gasteiger partial charge in [0, 0.05) is 0 Å². The Balaban J connectivity index is 2.44. The highest BCUT2D eigenvalue weighted by Gasteiger charge is 2.55. The van der Waals surface area contributed by atoms with Crippen molar-refractivity contribution >= 4 is 40.9 Å². The van der Waals surface area contributed by atoms with Crippen LogP contribution in [0.15, 0.2) is 11.4 Å². The normalized spacial score (nSPS) is 14.9. The number of pyridine rings is 1. The lowest BCUT2D eigenvalue weighted by Crippen LogP contribution is -2.45. The molecule has 0 unspecified atom stereocenters. The summed E-state index contributed by atoms with van der Waals surface area (Å²) in [5.74, 6) is -11.8. The van der Waals surface area contributed by atoms with E-state index in [1.165, 1.54) is 5.38 Å². The van der Waals surface area contributed by atoms with Crippen molar-refractivity contribution in [1.29, 1.82) is 5.26 Å². The molecule has 16 heteroatoms. The first-order valence-corrected chi connectivity index (χ1v) is 10.8. The van der Waals surface area contributed by atoms with Crippen LogP contribution in [0.1, 0.15) is 81.4 Å². The van der Waals surface area contributed by atoms with E-state index in [-0.39, 0.29) is 23.3 Å². The van der Waals surface area contributed by atoms with Gasteiger partial charge >= 0.3 is 5.92 Å². The Morgan fingerprint density at radius 2 is 1.53 bits per heavy atom. The van der Waals surface area contributed by atoms with Gasteiger partial charge in [-0.25, -0.2) is 4.98 Å². The molecule has 1 aliphatic rings. The summed E-state index contributed by atoms with van der Waals surface area (Å²) in [7, 11) is 0. The van der Waals surface area contributed by atoms with Crippen LogP contribution in [0.25, 0.3) is 0 Å². The molecular formula is C20H18F2N8O5S. The Morgan fingerprint density at radius 1 is 0.972 bits per heavy atom. The summed E-state index contributed by atoms with van der Waals surface area (Å²) in [6.45, 7) is 0. The van der Waals surface area contributed by atoms with E-state index in [0.717, 1.165) is 17.4 Å². The number of alkyl halides is 2. The highest BCUT2D eigenvalue weighted by Crippen LogP contribution is 2.48. The van der Waals surface area contributed by atoms with Crippen LogP contribution >= 0.6 is 11.3 Å². The van der Waals surface area contributed by atoms with Crippen molar-refractivity contribution in [2.75, 3.05) is 0 Å². The fraction of sp³-hybridized carbons (Fsp3) is 0.250. The van der Waals surface area contributed by atoms with Gasteiger partial charge in [0.15, 0.2) is 0 Å². The first-order chi connectivity index (χ1) is 16.7. The molecule has 1 aliphatic carbocycles. The van der Waals surface area contributed by atoms with Crippen LogP contribution in [0.2, 0.25) is 0 Å². The molecule has 3 rings (SSSR count). The number of thiophene rings is 1. The van der Waals surface area contributed by atoms with Gasteiger partial charge in [-0.3, -0.25) is 29.3 Å². The predicted octanol–water partition coefficient (Wildman–Crippen LogP) is -0.884. The van der Waals surface area contributed by atoms with Crippen molar-refractivity contribution in [1.82, 2.24) is 10.3 Å². The number of halogens is 2. The molecule has 1 saturated carbocycles. The van der Waals surface area contributed by atoms with Crippen LogP contribution in [0.3, 0.4) is 0 Å². The van der Waals surface area contributed by atoms with Gasteiger partial charge in [0.1, 0.15) is 23.0 Å². The molecule has 0 aromatic carbocycles. The minimum absolute atomic E-state index is 0.169. The number of hydrogen-bond acceptors (Lipinski definition) is 9. The van der Waals surface area contributed by atoms with Crippen molar-refractivity contribution in [3.8, 4) is 6.07 Å². The molecule has 0 aliphatic heterocycles. The Bertz CT molecular complexity index is 1380. The van der Waals surface area contributed by atoms with Gasteiger partial charge in [-0.2, -0.15) is 14.0 Å². The van der Waals surface area contributed by atoms with E-state index in [9.17, 15) is 29.2 Å². The van der Waals surface area contributed by atoms with Gasteiger partial charge < -0.3 is 28.7 Å². The molecule has 13 nitrogen and oxygen atoms in total. The third-order valence-corrected chi connectivity index (χ3v) is 6.41. The monoisotopic (exact) mass is 520 g/mol. The van der Waals surface area contributed by atoms with E-state index >= 15 is 8.78 Å². The maximum atomic E-state index is 16.4. The van der Waals surface area contributed by atoms with Crippen molar-refractivity contribution in [3.63, 3.8) is 0 Å². The number of primary amides is 5. The van der Waals surface area contributed by atoms with Crippen LogP contribution in [0, 0.1) is 11.3 Å². The van der Waals surface area contributed by atoms with E-state index in [2.05, 4.69) is 10.3 Å². The molecular weight excluding hydrogens is 502 g/mol. The summed E-state index contributed by atoms with van der Waals surface area (Å²) in [4.78, 5) is 63.6. The van der Waals surface area contributed by atoms with Gasteiger partial charge in [0.2, 0.25) is 5.91 Å². The highest BCUT2D eigenvalue weighted by atomic mass is 32.1. The van der Waals surface area contributed by atoms with Crippen molar-refractivity contribution < 1.29 is 32.8 Å². The molecule has 0 radical (unpaired) electrons. The third-order valence-electron chi connectivity index (χ3n) is 5.46. The molecule has 188 valence electrons. The number of carbonyl (C=O) groups excluding carboxylic acids is 5. The van der Waals surface area contributed by atoms with Crippen LogP contribution in [0.4, 0.5) is 8.78 Å². The lowest BCUT2D eigenvalue weighted by atomic mass is 9.89. The van der Waals surface area contributed by atoms with E-state index in [4.69, 9.17) is 28.7 Å². The number of carbonyl (C=O) groups is 5. The van der Waals surface area contributed by atoms with Crippen LogP contribution in [0.5, 0.6) is 0 Å². The summed E-state index contributed by atoms with van der Waals surface area (Å²) < 4.78 is 32.7. The fourth-order valence-electron chi connectivity index (χ4n) is 3.67. The molecule has 2 aromatic heterocycles. The van der Waals surface area contributed by atoms with Crippen molar-refractivity contribution in [2.24, 2.45) is 28.7 Å². The molecule has 0 saturated heterocycles. The number of nitrogens with zero attached hydrogens (tertiary/aromatic N) is 2. The Labute approximate surface area is 204 Å². The van der Waals surface area contributed by atoms with Gasteiger partial charge in [-0.1, -0.05) is 0 Å². The second-order valence-electron chi connectivity index (χ2n) is 7.85. The van der Waals surface area contributed by atoms with Crippen molar-refractivity contribution in [2.45, 2.75) is 30.3 Å². The quantitative estimate of drug-likeness (QED) is 0.228. The minimum atomic E-state index is -4.38. The van der Waals surface area contributed by atoms with Crippen LogP contribution in [-0.2, 0) is 5.92 Å². The molecule has 36 heavy (non-hydrogen) atoms. The van der Waals surface area contributed by atoms with E-state index in [0.29, 0.717) is 0 Å². The number of amides is 5. The summed E-state index contributed by atoms with van der Waals surface area (Å²) in [5, 5.41) is 13.2. The molecule has 2 heterocycles. The van der Waals surface area contributed by atoms with E-state index in [1.54, 1.807) is 0 Å².